The first-order chi connectivity index (χ1) is 11.7. The molecule has 0 atom stereocenters. The van der Waals surface area contributed by atoms with Gasteiger partial charge in [0.25, 0.3) is 5.69 Å². The fraction of sp³-hybridized carbons (Fsp3) is 0.125. The second-order valence-corrected chi connectivity index (χ2v) is 6.82. The van der Waals surface area contributed by atoms with Crippen LogP contribution in [0.5, 0.6) is 0 Å². The Balaban J connectivity index is 2.11. The number of benzene rings is 2. The summed E-state index contributed by atoms with van der Waals surface area (Å²) in [6, 6.07) is 7.05. The number of esters is 1. The molecule has 2 aromatic carbocycles. The number of nitrogens with two attached hydrogens (primary N) is 1. The lowest BCUT2D eigenvalue weighted by molar-refractivity contribution is -0.385. The van der Waals surface area contributed by atoms with Gasteiger partial charge in [-0.25, -0.2) is 4.79 Å². The monoisotopic (exact) mass is 470 g/mol. The summed E-state index contributed by atoms with van der Waals surface area (Å²) in [6.07, 6.45) is 0. The van der Waals surface area contributed by atoms with Crippen LogP contribution in [0.4, 0.5) is 11.4 Å². The molecule has 130 valence electrons. The molecule has 0 radical (unpaired) electrons. The van der Waals surface area contributed by atoms with Crippen LogP contribution in [0.2, 0.25) is 0 Å². The van der Waals surface area contributed by atoms with E-state index in [1.807, 2.05) is 0 Å². The molecule has 0 heterocycles. The van der Waals surface area contributed by atoms with Gasteiger partial charge >= 0.3 is 5.97 Å². The molecule has 0 bridgehead atoms. The molecule has 9 heteroatoms. The fourth-order valence-corrected chi connectivity index (χ4v) is 3.17. The van der Waals surface area contributed by atoms with Crippen molar-refractivity contribution in [1.82, 2.24) is 0 Å². The number of carbonyl (C=O) groups is 2. The minimum atomic E-state index is -0.712. The van der Waals surface area contributed by atoms with Gasteiger partial charge in [-0.1, -0.05) is 12.1 Å². The Morgan fingerprint density at radius 3 is 2.32 bits per heavy atom. The predicted octanol–water partition coefficient (Wildman–Crippen LogP) is 4.05. The first kappa shape index (κ1) is 19.1. The number of nitrogens with zero attached hydrogens (tertiary/aromatic N) is 1. The maximum Gasteiger partial charge on any atom is 0.338 e. The smallest absolute Gasteiger partial charge is 0.338 e. The third-order valence-corrected chi connectivity index (χ3v) is 4.69. The van der Waals surface area contributed by atoms with Crippen molar-refractivity contribution >= 4 is 55.0 Å². The van der Waals surface area contributed by atoms with Gasteiger partial charge in [0.05, 0.1) is 16.2 Å². The van der Waals surface area contributed by atoms with Gasteiger partial charge in [0.2, 0.25) is 5.78 Å². The van der Waals surface area contributed by atoms with E-state index in [2.05, 4.69) is 31.9 Å². The Hall–Kier alpha value is -2.26. The van der Waals surface area contributed by atoms with Crippen molar-refractivity contribution in [2.75, 3.05) is 12.3 Å². The van der Waals surface area contributed by atoms with Crippen molar-refractivity contribution in [3.63, 3.8) is 0 Å². The molecule has 0 saturated carbocycles. The van der Waals surface area contributed by atoms with Crippen LogP contribution < -0.4 is 5.73 Å². The lowest BCUT2D eigenvalue weighted by Crippen LogP contribution is -2.15. The van der Waals surface area contributed by atoms with Gasteiger partial charge in [0, 0.05) is 26.1 Å². The van der Waals surface area contributed by atoms with Gasteiger partial charge in [-0.15, -0.1) is 0 Å². The number of aryl methyl sites for hydroxylation is 1. The van der Waals surface area contributed by atoms with Gasteiger partial charge in [-0.05, 0) is 50.9 Å². The summed E-state index contributed by atoms with van der Waals surface area (Å²) in [7, 11) is 0. The molecule has 2 rings (SSSR count). The van der Waals surface area contributed by atoms with E-state index in [1.165, 1.54) is 30.3 Å². The van der Waals surface area contributed by atoms with E-state index in [0.717, 1.165) is 0 Å². The molecular weight excluding hydrogens is 460 g/mol. The van der Waals surface area contributed by atoms with Crippen molar-refractivity contribution < 1.29 is 19.2 Å². The Kier molecular flexibility index (Phi) is 5.91. The van der Waals surface area contributed by atoms with Crippen LogP contribution in [0.15, 0.2) is 39.3 Å². The zero-order valence-corrected chi connectivity index (χ0v) is 16.1. The normalized spacial score (nSPS) is 10.4. The number of nitro groups is 1. The molecular formula is C16H12Br2N2O5. The fourth-order valence-electron chi connectivity index (χ4n) is 1.98. The average Bonchev–Trinajstić information content (AvgIpc) is 2.56. The average molecular weight is 472 g/mol. The van der Waals surface area contributed by atoms with Crippen LogP contribution in [0.1, 0.15) is 26.3 Å². The molecule has 0 unspecified atom stereocenters. The Labute approximate surface area is 159 Å². The highest BCUT2D eigenvalue weighted by molar-refractivity contribution is 9.11. The number of anilines is 1. The number of nitrogen functional groups attached to an aromatic ring is 1. The van der Waals surface area contributed by atoms with Crippen LogP contribution in [0.3, 0.4) is 0 Å². The predicted molar refractivity (Wildman–Crippen MR) is 98.7 cm³/mol. The van der Waals surface area contributed by atoms with Gasteiger partial charge in [-0.3, -0.25) is 14.9 Å². The van der Waals surface area contributed by atoms with Crippen molar-refractivity contribution in [3.8, 4) is 0 Å². The summed E-state index contributed by atoms with van der Waals surface area (Å²) in [5.74, 6) is -1.25. The van der Waals surface area contributed by atoms with Crippen LogP contribution in [0, 0.1) is 17.0 Å². The minimum absolute atomic E-state index is 0.102. The molecule has 2 N–H and O–H groups in total. The summed E-state index contributed by atoms with van der Waals surface area (Å²) in [5.41, 5.74) is 6.76. The summed E-state index contributed by atoms with van der Waals surface area (Å²) in [6.45, 7) is 1.04. The summed E-state index contributed by atoms with van der Waals surface area (Å²) in [4.78, 5) is 34.5. The highest BCUT2D eigenvalue weighted by atomic mass is 79.9. The van der Waals surface area contributed by atoms with Gasteiger partial charge in [0.15, 0.2) is 6.61 Å². The standard InChI is InChI=1S/C16H12Br2N2O5/c1-8-2-3-9(6-13(8)20(23)24)14(21)7-25-16(22)10-4-11(17)15(19)12(18)5-10/h2-6H,7,19H2,1H3. The number of nitro benzene ring substituents is 1. The zero-order chi connectivity index (χ0) is 18.7. The van der Waals surface area contributed by atoms with E-state index in [-0.39, 0.29) is 16.8 Å². The number of halogens is 2. The third kappa shape index (κ3) is 4.43. The van der Waals surface area contributed by atoms with E-state index in [4.69, 9.17) is 10.5 Å². The number of rotatable bonds is 5. The van der Waals surface area contributed by atoms with Crippen LogP contribution in [-0.4, -0.2) is 23.3 Å². The van der Waals surface area contributed by atoms with Crippen molar-refractivity contribution in [3.05, 3.63) is 66.1 Å². The molecule has 25 heavy (non-hydrogen) atoms. The molecule has 0 spiro atoms. The largest absolute Gasteiger partial charge is 0.454 e. The molecule has 2 aromatic rings. The quantitative estimate of drug-likeness (QED) is 0.231. The number of ketones is 1. The van der Waals surface area contributed by atoms with Crippen molar-refractivity contribution in [2.45, 2.75) is 6.92 Å². The number of hydrogen-bond acceptors (Lipinski definition) is 6. The topological polar surface area (TPSA) is 113 Å². The Bertz CT molecular complexity index is 860. The summed E-state index contributed by atoms with van der Waals surface area (Å²) < 4.78 is 6.00. The lowest BCUT2D eigenvalue weighted by atomic mass is 10.1. The molecule has 0 aliphatic heterocycles. The molecule has 0 fully saturated rings. The molecule has 0 aromatic heterocycles. The van der Waals surface area contributed by atoms with E-state index < -0.39 is 23.3 Å². The maximum atomic E-state index is 12.1. The van der Waals surface area contributed by atoms with E-state index in [0.29, 0.717) is 20.2 Å². The molecule has 7 nitrogen and oxygen atoms in total. The van der Waals surface area contributed by atoms with Crippen LogP contribution >= 0.6 is 31.9 Å². The molecule has 0 amide bonds. The third-order valence-electron chi connectivity index (χ3n) is 3.38. The van der Waals surface area contributed by atoms with E-state index in [9.17, 15) is 19.7 Å². The summed E-state index contributed by atoms with van der Waals surface area (Å²) in [5, 5.41) is 10.9. The van der Waals surface area contributed by atoms with Gasteiger partial charge in [0.1, 0.15) is 0 Å². The molecule has 0 aliphatic rings. The second kappa shape index (κ2) is 7.75. The molecule has 0 aliphatic carbocycles. The lowest BCUT2D eigenvalue weighted by Gasteiger charge is -2.08. The maximum absolute atomic E-state index is 12.1. The number of hydrogen-bond donors (Lipinski definition) is 1. The highest BCUT2D eigenvalue weighted by Gasteiger charge is 2.18. The van der Waals surface area contributed by atoms with Crippen molar-refractivity contribution in [1.29, 1.82) is 0 Å². The first-order valence-corrected chi connectivity index (χ1v) is 8.49. The first-order valence-electron chi connectivity index (χ1n) is 6.90. The minimum Gasteiger partial charge on any atom is -0.454 e. The number of carbonyl (C=O) groups excluding carboxylic acids is 2. The van der Waals surface area contributed by atoms with Crippen molar-refractivity contribution in [2.24, 2.45) is 0 Å². The van der Waals surface area contributed by atoms with Crippen LogP contribution in [-0.2, 0) is 4.74 Å². The summed E-state index contributed by atoms with van der Waals surface area (Å²) >= 11 is 6.43. The van der Waals surface area contributed by atoms with E-state index in [1.54, 1.807) is 6.92 Å². The zero-order valence-electron chi connectivity index (χ0n) is 12.9. The molecule has 0 saturated heterocycles. The van der Waals surface area contributed by atoms with Crippen LogP contribution in [0.25, 0.3) is 0 Å². The SMILES string of the molecule is Cc1ccc(C(=O)COC(=O)c2cc(Br)c(N)c(Br)c2)cc1[N+](=O)[O-]. The highest BCUT2D eigenvalue weighted by Crippen LogP contribution is 2.29. The Morgan fingerprint density at radius 2 is 1.76 bits per heavy atom. The second-order valence-electron chi connectivity index (χ2n) is 5.11. The van der Waals surface area contributed by atoms with E-state index >= 15 is 0 Å². The number of Topliss-reactive ketones (excluding diaryl/α,β-unsaturated/α-hetero) is 1. The van der Waals surface area contributed by atoms with Gasteiger partial charge < -0.3 is 10.5 Å². The number of ether oxygens (including phenoxy) is 1. The Morgan fingerprint density at radius 1 is 1.16 bits per heavy atom. The van der Waals surface area contributed by atoms with Gasteiger partial charge in [-0.2, -0.15) is 0 Å².